The van der Waals surface area contributed by atoms with E-state index in [1.165, 1.54) is 4.25 Å². The molecule has 10 heavy (non-hydrogen) atoms. The molecule has 1 unspecified atom stereocenters. The SMILES string of the molecule is [Li]/[C]=C/[CH]([Li])C/[C]([Li])=[C]/[Li]. The Bertz CT molecular complexity index is 139. The van der Waals surface area contributed by atoms with Crippen molar-refractivity contribution < 1.29 is 0 Å². The van der Waals surface area contributed by atoms with Crippen LogP contribution < -0.4 is 0 Å². The molecule has 0 rings (SSSR count). The van der Waals surface area contributed by atoms with Crippen molar-refractivity contribution >= 4 is 70.9 Å². The zero-order chi connectivity index (χ0) is 7.98. The summed E-state index contributed by atoms with van der Waals surface area (Å²) in [6, 6.07) is 0. The van der Waals surface area contributed by atoms with Crippen LogP contribution in [0.5, 0.6) is 0 Å². The van der Waals surface area contributed by atoms with Crippen LogP contribution in [0.1, 0.15) is 6.42 Å². The van der Waals surface area contributed by atoms with Gasteiger partial charge in [-0.05, 0) is 0 Å². The van der Waals surface area contributed by atoms with Gasteiger partial charge in [-0.25, -0.2) is 0 Å². The molecule has 0 heterocycles. The van der Waals surface area contributed by atoms with Crippen LogP contribution in [0.25, 0.3) is 0 Å². The van der Waals surface area contributed by atoms with Crippen molar-refractivity contribution in [1.82, 2.24) is 0 Å². The van der Waals surface area contributed by atoms with Crippen molar-refractivity contribution in [2.45, 2.75) is 11.0 Å². The van der Waals surface area contributed by atoms with Gasteiger partial charge in [0.1, 0.15) is 0 Å². The van der Waals surface area contributed by atoms with Crippen molar-refractivity contribution in [2.75, 3.05) is 0 Å². The molecule has 0 bridgehead atoms. The summed E-state index contributed by atoms with van der Waals surface area (Å²) in [5.74, 6) is 0. The summed E-state index contributed by atoms with van der Waals surface area (Å²) in [5.41, 5.74) is 0. The molecule has 0 aliphatic carbocycles. The third kappa shape index (κ3) is 6.57. The van der Waals surface area contributed by atoms with Gasteiger partial charge in [0.25, 0.3) is 0 Å². The first-order valence-electron chi connectivity index (χ1n) is 3.71. The molecule has 2 radical (unpaired) electrons. The fraction of sp³-hybridized carbons (Fsp3) is 0.333. The molecule has 0 spiro atoms. The van der Waals surface area contributed by atoms with Crippen LogP contribution >= 0.6 is 0 Å². The van der Waals surface area contributed by atoms with Crippen LogP contribution in [0.4, 0.5) is 0 Å². The summed E-state index contributed by atoms with van der Waals surface area (Å²) >= 11 is 8.20. The van der Waals surface area contributed by atoms with Crippen LogP contribution in [-0.2, 0) is 0 Å². The number of rotatable bonds is 3. The Balaban J connectivity index is 3.68. The van der Waals surface area contributed by atoms with Crippen molar-refractivity contribution in [2.24, 2.45) is 0 Å². The van der Waals surface area contributed by atoms with Crippen LogP contribution in [-0.4, -0.2) is 70.9 Å². The van der Waals surface area contributed by atoms with Crippen molar-refractivity contribution in [1.29, 1.82) is 0 Å². The molecular weight excluding hydrogens is 99.8 g/mol. The van der Waals surface area contributed by atoms with E-state index in [1.807, 2.05) is 35.4 Å². The molecule has 0 saturated heterocycles. The predicted molar refractivity (Wildman–Crippen MR) is 46.0 cm³/mol. The average molecular weight is 104 g/mol. The fourth-order valence-electron chi connectivity index (χ4n) is 0.928. The second-order valence-electron chi connectivity index (χ2n) is 2.67. The van der Waals surface area contributed by atoms with Gasteiger partial charge in [0, 0.05) is 0 Å². The Kier molecular flexibility index (Phi) is 8.92. The number of allylic oxidation sites excluding steroid dienone is 2. The van der Waals surface area contributed by atoms with Gasteiger partial charge in [0.15, 0.2) is 0 Å². The first-order valence-corrected chi connectivity index (χ1v) is 3.71. The van der Waals surface area contributed by atoms with E-state index < -0.39 is 0 Å². The molecule has 0 amide bonds. The second kappa shape index (κ2) is 7.52. The maximum atomic E-state index is 3.12. The van der Waals surface area contributed by atoms with Gasteiger partial charge >= 0.3 is 102 Å². The summed E-state index contributed by atoms with van der Waals surface area (Å²) in [6.45, 7) is 0. The Labute approximate surface area is 100 Å². The van der Waals surface area contributed by atoms with E-state index >= 15 is 0 Å². The van der Waals surface area contributed by atoms with E-state index in [0.717, 1.165) is 6.42 Å². The monoisotopic (exact) mass is 104 g/mol. The fourth-order valence-corrected chi connectivity index (χ4v) is 0.928. The van der Waals surface area contributed by atoms with Gasteiger partial charge in [-0.2, -0.15) is 0 Å². The van der Waals surface area contributed by atoms with E-state index in [4.69, 9.17) is 0 Å². The third-order valence-corrected chi connectivity index (χ3v) is 1.51. The summed E-state index contributed by atoms with van der Waals surface area (Å²) in [4.78, 5) is 0. The molecule has 0 aliphatic rings. The van der Waals surface area contributed by atoms with Crippen LogP contribution in [0, 0.1) is 9.50 Å². The van der Waals surface area contributed by atoms with Crippen LogP contribution in [0.2, 0.25) is 4.59 Å². The molecule has 0 aromatic rings. The van der Waals surface area contributed by atoms with Gasteiger partial charge in [-0.3, -0.25) is 0 Å². The number of hydrogen-bond donors (Lipinski definition) is 0. The molecule has 0 saturated carbocycles. The Morgan fingerprint density at radius 2 is 2.10 bits per heavy atom. The first kappa shape index (κ1) is 11.9. The average Bonchev–Trinajstić information content (AvgIpc) is 1.88. The second-order valence-corrected chi connectivity index (χ2v) is 2.67. The molecule has 0 fully saturated rings. The molecular formula is C6H4Li4. The molecule has 1 atom stereocenters. The topological polar surface area (TPSA) is 0 Å². The molecule has 0 aromatic heterocycles. The minimum atomic E-state index is 0.609. The Morgan fingerprint density at radius 3 is 2.50 bits per heavy atom. The third-order valence-electron chi connectivity index (χ3n) is 1.51. The molecule has 0 nitrogen and oxygen atoms in total. The maximum absolute atomic E-state index is 3.12. The molecule has 32 valence electrons. The quantitative estimate of drug-likeness (QED) is 0.435. The Hall–Kier alpha value is 1.87. The van der Waals surface area contributed by atoms with Crippen LogP contribution in [0.3, 0.4) is 0 Å². The van der Waals surface area contributed by atoms with E-state index in [0.29, 0.717) is 4.59 Å². The molecule has 0 aliphatic heterocycles. The van der Waals surface area contributed by atoms with Crippen LogP contribution in [0.15, 0.2) is 10.3 Å². The van der Waals surface area contributed by atoms with E-state index in [1.54, 1.807) is 0 Å². The van der Waals surface area contributed by atoms with Crippen molar-refractivity contribution in [3.8, 4) is 0 Å². The summed E-state index contributed by atoms with van der Waals surface area (Å²) in [6.07, 6.45) is 3.21. The normalized spacial score (nSPS) is 16.6. The summed E-state index contributed by atoms with van der Waals surface area (Å²) < 4.78 is 8.10. The zero-order valence-corrected chi connectivity index (χ0v) is 7.36. The Morgan fingerprint density at radius 1 is 1.50 bits per heavy atom. The molecule has 4 heteroatoms. The molecule has 0 N–H and O–H groups in total. The van der Waals surface area contributed by atoms with Gasteiger partial charge in [-0.15, -0.1) is 0 Å². The zero-order valence-electron chi connectivity index (χ0n) is 7.36. The first-order chi connectivity index (χ1) is 4.70. The van der Waals surface area contributed by atoms with Crippen molar-refractivity contribution in [3.63, 3.8) is 0 Å². The van der Waals surface area contributed by atoms with E-state index in [-0.39, 0.29) is 0 Å². The predicted octanol–water partition coefficient (Wildman–Crippen LogP) is -0.200. The van der Waals surface area contributed by atoms with E-state index in [9.17, 15) is 0 Å². The van der Waals surface area contributed by atoms with Gasteiger partial charge in [0.05, 0.1) is 0 Å². The van der Waals surface area contributed by atoms with E-state index in [2.05, 4.69) is 51.0 Å². The summed E-state index contributed by atoms with van der Waals surface area (Å²) in [7, 11) is 0. The summed E-state index contributed by atoms with van der Waals surface area (Å²) in [5, 5.41) is 0. The van der Waals surface area contributed by atoms with Gasteiger partial charge in [-0.1, -0.05) is 0 Å². The minimum absolute atomic E-state index is 0.609. The van der Waals surface area contributed by atoms with Gasteiger partial charge in [0.2, 0.25) is 0 Å². The molecule has 0 aromatic carbocycles. The standard InChI is InChI=1S/C6H4.4Li/c1-3-5-6-4-2;;;;/h3,5H,6H2;;;;. The number of hydrogen-bond acceptors (Lipinski definition) is 0. The van der Waals surface area contributed by atoms with Crippen molar-refractivity contribution in [3.05, 3.63) is 19.8 Å². The van der Waals surface area contributed by atoms with Gasteiger partial charge < -0.3 is 0 Å².